The lowest BCUT2D eigenvalue weighted by Gasteiger charge is -2.20. The van der Waals surface area contributed by atoms with Gasteiger partial charge in [0.25, 0.3) is 0 Å². The molecule has 2 N–H and O–H groups in total. The van der Waals surface area contributed by atoms with E-state index in [1.165, 1.54) is 0 Å². The van der Waals surface area contributed by atoms with Crippen LogP contribution in [0.4, 0.5) is 0 Å². The first-order chi connectivity index (χ1) is 7.27. The monoisotopic (exact) mass is 207 g/mol. The first-order valence-corrected chi connectivity index (χ1v) is 5.65. The van der Waals surface area contributed by atoms with E-state index < -0.39 is 0 Å². The minimum atomic E-state index is 0.110. The van der Waals surface area contributed by atoms with Gasteiger partial charge in [0.05, 0.1) is 0 Å². The van der Waals surface area contributed by atoms with Crippen LogP contribution in [-0.4, -0.2) is 29.5 Å². The summed E-state index contributed by atoms with van der Waals surface area (Å²) >= 11 is 0. The maximum atomic E-state index is 6.09. The van der Waals surface area contributed by atoms with E-state index in [4.69, 9.17) is 5.73 Å². The van der Waals surface area contributed by atoms with E-state index in [0.717, 1.165) is 31.6 Å². The molecule has 0 aliphatic heterocycles. The highest BCUT2D eigenvalue weighted by molar-refractivity contribution is 5.12. The van der Waals surface area contributed by atoms with Crippen LogP contribution < -0.4 is 5.73 Å². The summed E-state index contributed by atoms with van der Waals surface area (Å²) < 4.78 is 0. The van der Waals surface area contributed by atoms with Crippen LogP contribution >= 0.6 is 0 Å². The van der Waals surface area contributed by atoms with E-state index >= 15 is 0 Å². The Labute approximate surface area is 92.3 Å². The van der Waals surface area contributed by atoms with Crippen LogP contribution in [0.15, 0.2) is 24.5 Å². The number of hydrogen-bond donors (Lipinski definition) is 1. The van der Waals surface area contributed by atoms with Gasteiger partial charge in [0, 0.05) is 18.4 Å². The third-order valence-corrected chi connectivity index (χ3v) is 2.76. The molecule has 0 aliphatic rings. The third kappa shape index (κ3) is 3.98. The molecule has 1 aromatic rings. The molecule has 0 aliphatic carbocycles. The van der Waals surface area contributed by atoms with Crippen LogP contribution in [0.3, 0.4) is 0 Å². The fraction of sp³-hybridized carbons (Fsp3) is 0.583. The minimum absolute atomic E-state index is 0.110. The lowest BCUT2D eigenvalue weighted by atomic mass is 10.1. The second-order valence-corrected chi connectivity index (χ2v) is 3.71. The smallest absolute Gasteiger partial charge is 0.0322 e. The molecule has 0 aromatic carbocycles. The van der Waals surface area contributed by atoms with E-state index in [9.17, 15) is 0 Å². The highest BCUT2D eigenvalue weighted by Crippen LogP contribution is 2.12. The molecule has 15 heavy (non-hydrogen) atoms. The summed E-state index contributed by atoms with van der Waals surface area (Å²) in [5.41, 5.74) is 7.22. The zero-order chi connectivity index (χ0) is 11.1. The van der Waals surface area contributed by atoms with Crippen molar-refractivity contribution in [2.75, 3.05) is 19.6 Å². The molecule has 0 radical (unpaired) electrons. The van der Waals surface area contributed by atoms with Gasteiger partial charge in [-0.15, -0.1) is 0 Å². The van der Waals surface area contributed by atoms with Crippen LogP contribution in [0.5, 0.6) is 0 Å². The van der Waals surface area contributed by atoms with Crippen molar-refractivity contribution in [2.24, 2.45) is 5.73 Å². The van der Waals surface area contributed by atoms with Gasteiger partial charge >= 0.3 is 0 Å². The highest BCUT2D eigenvalue weighted by Gasteiger charge is 2.07. The largest absolute Gasteiger partial charge is 0.324 e. The molecule has 1 aromatic heterocycles. The summed E-state index contributed by atoms with van der Waals surface area (Å²) in [6.07, 6.45) is 4.63. The van der Waals surface area contributed by atoms with Crippen LogP contribution in [0.25, 0.3) is 0 Å². The van der Waals surface area contributed by atoms with Crippen molar-refractivity contribution < 1.29 is 0 Å². The molecule has 1 rings (SSSR count). The Morgan fingerprint density at radius 1 is 1.40 bits per heavy atom. The molecule has 0 fully saturated rings. The Morgan fingerprint density at radius 3 is 2.67 bits per heavy atom. The number of nitrogens with two attached hydrogens (primary N) is 1. The van der Waals surface area contributed by atoms with E-state index in [-0.39, 0.29) is 6.04 Å². The minimum Gasteiger partial charge on any atom is -0.324 e. The number of nitrogens with zero attached hydrogens (tertiary/aromatic N) is 2. The van der Waals surface area contributed by atoms with Crippen LogP contribution in [0.2, 0.25) is 0 Å². The fourth-order valence-electron chi connectivity index (χ4n) is 1.62. The normalized spacial score (nSPS) is 13.1. The van der Waals surface area contributed by atoms with Gasteiger partial charge in [0.1, 0.15) is 0 Å². The number of pyridine rings is 1. The highest BCUT2D eigenvalue weighted by atomic mass is 15.1. The average molecular weight is 207 g/mol. The van der Waals surface area contributed by atoms with Crippen molar-refractivity contribution in [3.05, 3.63) is 30.1 Å². The second kappa shape index (κ2) is 6.53. The average Bonchev–Trinajstić information content (AvgIpc) is 2.31. The molecular weight excluding hydrogens is 186 g/mol. The predicted octanol–water partition coefficient (Wildman–Crippen LogP) is 1.81. The standard InChI is InChI=1S/C12H21N3/c1-3-15(4-2)9-7-12(13)11-6-5-8-14-10-11/h5-6,8,10,12H,3-4,7,9,13H2,1-2H3. The van der Waals surface area contributed by atoms with Crippen molar-refractivity contribution in [2.45, 2.75) is 26.3 Å². The Bertz CT molecular complexity index is 257. The molecule has 0 spiro atoms. The molecule has 1 heterocycles. The summed E-state index contributed by atoms with van der Waals surface area (Å²) in [4.78, 5) is 6.46. The SMILES string of the molecule is CCN(CC)CCC(N)c1cccnc1. The third-order valence-electron chi connectivity index (χ3n) is 2.76. The molecule has 0 amide bonds. The number of hydrogen-bond acceptors (Lipinski definition) is 3. The summed E-state index contributed by atoms with van der Waals surface area (Å²) in [5, 5.41) is 0. The van der Waals surface area contributed by atoms with Crippen molar-refractivity contribution in [1.82, 2.24) is 9.88 Å². The van der Waals surface area contributed by atoms with Gasteiger partial charge < -0.3 is 10.6 Å². The molecule has 3 nitrogen and oxygen atoms in total. The Balaban J connectivity index is 2.39. The fourth-order valence-corrected chi connectivity index (χ4v) is 1.62. The number of rotatable bonds is 6. The molecule has 84 valence electrons. The lowest BCUT2D eigenvalue weighted by molar-refractivity contribution is 0.291. The van der Waals surface area contributed by atoms with Gasteiger partial charge in [-0.25, -0.2) is 0 Å². The van der Waals surface area contributed by atoms with E-state index in [1.807, 2.05) is 18.3 Å². The summed E-state index contributed by atoms with van der Waals surface area (Å²) in [7, 11) is 0. The maximum Gasteiger partial charge on any atom is 0.0322 e. The van der Waals surface area contributed by atoms with Crippen molar-refractivity contribution in [3.63, 3.8) is 0 Å². The van der Waals surface area contributed by atoms with E-state index in [2.05, 4.69) is 23.7 Å². The molecule has 0 bridgehead atoms. The molecule has 0 saturated carbocycles. The second-order valence-electron chi connectivity index (χ2n) is 3.71. The quantitative estimate of drug-likeness (QED) is 0.773. The predicted molar refractivity (Wildman–Crippen MR) is 63.6 cm³/mol. The first kappa shape index (κ1) is 12.1. The van der Waals surface area contributed by atoms with Gasteiger partial charge in [-0.05, 0) is 37.7 Å². The van der Waals surface area contributed by atoms with Gasteiger partial charge in [-0.2, -0.15) is 0 Å². The molecular formula is C12H21N3. The van der Waals surface area contributed by atoms with Crippen LogP contribution in [-0.2, 0) is 0 Å². The maximum absolute atomic E-state index is 6.09. The zero-order valence-corrected chi connectivity index (χ0v) is 9.69. The van der Waals surface area contributed by atoms with E-state index in [0.29, 0.717) is 0 Å². The Kier molecular flexibility index (Phi) is 5.29. The summed E-state index contributed by atoms with van der Waals surface area (Å²) in [5.74, 6) is 0. The number of aromatic nitrogens is 1. The van der Waals surface area contributed by atoms with Gasteiger partial charge in [-0.1, -0.05) is 19.9 Å². The topological polar surface area (TPSA) is 42.1 Å². The van der Waals surface area contributed by atoms with Crippen molar-refractivity contribution in [3.8, 4) is 0 Å². The van der Waals surface area contributed by atoms with E-state index in [1.54, 1.807) is 6.20 Å². The lowest BCUT2D eigenvalue weighted by Crippen LogP contribution is -2.27. The van der Waals surface area contributed by atoms with Crippen molar-refractivity contribution >= 4 is 0 Å². The summed E-state index contributed by atoms with van der Waals surface area (Å²) in [6.45, 7) is 7.60. The molecule has 0 saturated heterocycles. The Hall–Kier alpha value is -0.930. The Morgan fingerprint density at radius 2 is 2.13 bits per heavy atom. The van der Waals surface area contributed by atoms with Crippen LogP contribution in [0, 0.1) is 0 Å². The molecule has 1 atom stereocenters. The molecule has 3 heteroatoms. The summed E-state index contributed by atoms with van der Waals surface area (Å²) in [6, 6.07) is 4.09. The van der Waals surface area contributed by atoms with Gasteiger partial charge in [0.15, 0.2) is 0 Å². The first-order valence-electron chi connectivity index (χ1n) is 5.65. The van der Waals surface area contributed by atoms with Crippen molar-refractivity contribution in [1.29, 1.82) is 0 Å². The van der Waals surface area contributed by atoms with Gasteiger partial charge in [0.2, 0.25) is 0 Å². The van der Waals surface area contributed by atoms with Gasteiger partial charge in [-0.3, -0.25) is 4.98 Å². The zero-order valence-electron chi connectivity index (χ0n) is 9.69. The molecule has 1 unspecified atom stereocenters. The van der Waals surface area contributed by atoms with Crippen LogP contribution in [0.1, 0.15) is 31.9 Å².